The summed E-state index contributed by atoms with van der Waals surface area (Å²) in [6, 6.07) is 0. The van der Waals surface area contributed by atoms with Crippen molar-refractivity contribution in [1.82, 2.24) is 14.9 Å². The summed E-state index contributed by atoms with van der Waals surface area (Å²) in [5.41, 5.74) is 1.22. The Morgan fingerprint density at radius 2 is 1.94 bits per heavy atom. The number of aromatic nitrogens is 2. The van der Waals surface area contributed by atoms with Gasteiger partial charge < -0.3 is 14.6 Å². The van der Waals surface area contributed by atoms with Crippen LogP contribution < -0.4 is 5.32 Å². The summed E-state index contributed by atoms with van der Waals surface area (Å²) < 4.78 is 7.44. The molecule has 1 aromatic rings. The molecule has 0 saturated heterocycles. The van der Waals surface area contributed by atoms with E-state index in [2.05, 4.69) is 49.5 Å². The fourth-order valence-electron chi connectivity index (χ4n) is 1.78. The van der Waals surface area contributed by atoms with Crippen molar-refractivity contribution < 1.29 is 4.74 Å². The van der Waals surface area contributed by atoms with Gasteiger partial charge in [-0.1, -0.05) is 0 Å². The largest absolute Gasteiger partial charge is 0.382 e. The molecule has 0 aliphatic carbocycles. The van der Waals surface area contributed by atoms with E-state index in [1.165, 1.54) is 5.69 Å². The molecule has 4 heteroatoms. The summed E-state index contributed by atoms with van der Waals surface area (Å²) in [7, 11) is 1.73. The number of hydrogen-bond donors (Lipinski definition) is 1. The number of ether oxygens (including phenoxy) is 1. The molecule has 0 aliphatic heterocycles. The minimum absolute atomic E-state index is 0.0693. The van der Waals surface area contributed by atoms with Crippen LogP contribution in [0.5, 0.6) is 0 Å². The van der Waals surface area contributed by atoms with E-state index in [1.54, 1.807) is 7.11 Å². The summed E-state index contributed by atoms with van der Waals surface area (Å²) in [6.45, 7) is 12.3. The van der Waals surface area contributed by atoms with Crippen LogP contribution >= 0.6 is 0 Å². The maximum absolute atomic E-state index is 5.26. The van der Waals surface area contributed by atoms with Gasteiger partial charge in [-0.05, 0) is 34.6 Å². The lowest BCUT2D eigenvalue weighted by Crippen LogP contribution is -2.38. The van der Waals surface area contributed by atoms with Crippen LogP contribution in [-0.4, -0.2) is 28.8 Å². The van der Waals surface area contributed by atoms with Gasteiger partial charge in [0.25, 0.3) is 0 Å². The molecule has 0 bridgehead atoms. The quantitative estimate of drug-likeness (QED) is 0.855. The zero-order valence-electron chi connectivity index (χ0n) is 11.9. The van der Waals surface area contributed by atoms with Crippen molar-refractivity contribution in [2.24, 2.45) is 0 Å². The van der Waals surface area contributed by atoms with Crippen molar-refractivity contribution in [2.75, 3.05) is 13.7 Å². The van der Waals surface area contributed by atoms with Gasteiger partial charge in [0.05, 0.1) is 24.2 Å². The molecule has 17 heavy (non-hydrogen) atoms. The van der Waals surface area contributed by atoms with Crippen LogP contribution in [0.3, 0.4) is 0 Å². The summed E-state index contributed by atoms with van der Waals surface area (Å²) in [5.74, 6) is 0. The number of hydrogen-bond acceptors (Lipinski definition) is 3. The maximum Gasteiger partial charge on any atom is 0.0954 e. The highest BCUT2D eigenvalue weighted by Gasteiger charge is 2.22. The van der Waals surface area contributed by atoms with Crippen LogP contribution in [0.15, 0.2) is 12.5 Å². The fraction of sp³-hybridized carbons (Fsp3) is 0.769. The van der Waals surface area contributed by atoms with Gasteiger partial charge in [0.15, 0.2) is 0 Å². The molecule has 0 radical (unpaired) electrons. The second kappa shape index (κ2) is 5.19. The van der Waals surface area contributed by atoms with Crippen molar-refractivity contribution in [3.8, 4) is 0 Å². The Morgan fingerprint density at radius 1 is 1.29 bits per heavy atom. The van der Waals surface area contributed by atoms with Crippen LogP contribution in [0.4, 0.5) is 0 Å². The van der Waals surface area contributed by atoms with E-state index in [0.717, 1.165) is 6.54 Å². The molecule has 0 aliphatic rings. The summed E-state index contributed by atoms with van der Waals surface area (Å²) in [4.78, 5) is 4.24. The molecule has 0 spiro atoms. The maximum atomic E-state index is 5.26. The fourth-order valence-corrected chi connectivity index (χ4v) is 1.78. The molecule has 0 saturated carbocycles. The van der Waals surface area contributed by atoms with Crippen molar-refractivity contribution in [3.63, 3.8) is 0 Å². The highest BCUT2D eigenvalue weighted by Crippen LogP contribution is 2.18. The van der Waals surface area contributed by atoms with E-state index in [-0.39, 0.29) is 11.1 Å². The van der Waals surface area contributed by atoms with Crippen LogP contribution in [0, 0.1) is 0 Å². The second-order valence-electron chi connectivity index (χ2n) is 6.10. The zero-order valence-corrected chi connectivity index (χ0v) is 11.9. The third-order valence-electron chi connectivity index (χ3n) is 2.66. The van der Waals surface area contributed by atoms with Gasteiger partial charge in [0, 0.05) is 25.4 Å². The van der Waals surface area contributed by atoms with Crippen LogP contribution in [0.25, 0.3) is 0 Å². The van der Waals surface area contributed by atoms with Gasteiger partial charge in [0.2, 0.25) is 0 Å². The number of nitrogens with zero attached hydrogens (tertiary/aromatic N) is 2. The van der Waals surface area contributed by atoms with E-state index < -0.39 is 0 Å². The standard InChI is InChI=1S/C13H25N3O/c1-12(2,3)15-8-11-7-14-10-16(11)13(4,5)9-17-6/h7,10,15H,8-9H2,1-6H3. The van der Waals surface area contributed by atoms with Crippen LogP contribution in [-0.2, 0) is 16.8 Å². The Balaban J connectivity index is 2.79. The van der Waals surface area contributed by atoms with Crippen LogP contribution in [0.1, 0.15) is 40.3 Å². The lowest BCUT2D eigenvalue weighted by molar-refractivity contribution is 0.107. The Bertz CT molecular complexity index is 350. The molecule has 0 amide bonds. The average molecular weight is 239 g/mol. The molecule has 0 atom stereocenters. The van der Waals surface area contributed by atoms with E-state index >= 15 is 0 Å². The molecule has 0 unspecified atom stereocenters. The lowest BCUT2D eigenvalue weighted by atomic mass is 10.1. The molecule has 0 aromatic carbocycles. The van der Waals surface area contributed by atoms with E-state index in [1.807, 2.05) is 12.5 Å². The molecule has 1 N–H and O–H groups in total. The van der Waals surface area contributed by atoms with E-state index in [0.29, 0.717) is 6.61 Å². The van der Waals surface area contributed by atoms with Crippen molar-refractivity contribution in [1.29, 1.82) is 0 Å². The molecule has 4 nitrogen and oxygen atoms in total. The van der Waals surface area contributed by atoms with Crippen molar-refractivity contribution in [2.45, 2.75) is 52.2 Å². The first-order valence-electron chi connectivity index (χ1n) is 6.02. The van der Waals surface area contributed by atoms with E-state index in [4.69, 9.17) is 4.74 Å². The van der Waals surface area contributed by atoms with Crippen molar-refractivity contribution in [3.05, 3.63) is 18.2 Å². The molecular weight excluding hydrogens is 214 g/mol. The SMILES string of the molecule is COCC(C)(C)n1cncc1CNC(C)(C)C. The number of imidazole rings is 1. The van der Waals surface area contributed by atoms with Gasteiger partial charge in [-0.25, -0.2) is 4.98 Å². The van der Waals surface area contributed by atoms with Crippen molar-refractivity contribution >= 4 is 0 Å². The summed E-state index contributed by atoms with van der Waals surface area (Å²) in [5, 5.41) is 3.48. The topological polar surface area (TPSA) is 39.1 Å². The molecule has 1 rings (SSSR count). The zero-order chi connectivity index (χ0) is 13.1. The first-order chi connectivity index (χ1) is 7.76. The highest BCUT2D eigenvalue weighted by molar-refractivity contribution is 5.03. The van der Waals surface area contributed by atoms with Gasteiger partial charge in [-0.3, -0.25) is 0 Å². The predicted octanol–water partition coefficient (Wildman–Crippen LogP) is 2.15. The number of methoxy groups -OCH3 is 1. The number of rotatable bonds is 5. The Labute approximate surface area is 104 Å². The van der Waals surface area contributed by atoms with E-state index in [9.17, 15) is 0 Å². The minimum atomic E-state index is -0.0693. The minimum Gasteiger partial charge on any atom is -0.382 e. The molecule has 0 fully saturated rings. The normalized spacial score (nSPS) is 13.1. The van der Waals surface area contributed by atoms with Gasteiger partial charge in [-0.2, -0.15) is 0 Å². The first kappa shape index (κ1) is 14.2. The predicted molar refractivity (Wildman–Crippen MR) is 70.0 cm³/mol. The Hall–Kier alpha value is -0.870. The van der Waals surface area contributed by atoms with Gasteiger partial charge >= 0.3 is 0 Å². The Kier molecular flexibility index (Phi) is 4.33. The molecular formula is C13H25N3O. The summed E-state index contributed by atoms with van der Waals surface area (Å²) >= 11 is 0. The monoisotopic (exact) mass is 239 g/mol. The molecule has 98 valence electrons. The number of nitrogens with one attached hydrogen (secondary N) is 1. The van der Waals surface area contributed by atoms with Gasteiger partial charge in [0.1, 0.15) is 0 Å². The van der Waals surface area contributed by atoms with Gasteiger partial charge in [-0.15, -0.1) is 0 Å². The van der Waals surface area contributed by atoms with Crippen LogP contribution in [0.2, 0.25) is 0 Å². The first-order valence-corrected chi connectivity index (χ1v) is 6.02. The smallest absolute Gasteiger partial charge is 0.0954 e. The highest BCUT2D eigenvalue weighted by atomic mass is 16.5. The second-order valence-corrected chi connectivity index (χ2v) is 6.10. The third kappa shape index (κ3) is 4.13. The lowest BCUT2D eigenvalue weighted by Gasteiger charge is -2.29. The Morgan fingerprint density at radius 3 is 2.47 bits per heavy atom. The molecule has 1 heterocycles. The summed E-state index contributed by atoms with van der Waals surface area (Å²) in [6.07, 6.45) is 3.79. The third-order valence-corrected chi connectivity index (χ3v) is 2.66. The molecule has 1 aromatic heterocycles. The average Bonchev–Trinajstić information content (AvgIpc) is 2.61.